The summed E-state index contributed by atoms with van der Waals surface area (Å²) in [6.45, 7) is 7.46. The first kappa shape index (κ1) is 18.2. The molecule has 1 atom stereocenters. The molecular formula is C15H24ClFN2O2. The van der Waals surface area contributed by atoms with Gasteiger partial charge in [-0.05, 0) is 17.7 Å². The van der Waals surface area contributed by atoms with Crippen LogP contribution in [0.5, 0.6) is 5.75 Å². The largest absolute Gasteiger partial charge is 0.505 e. The van der Waals surface area contributed by atoms with Gasteiger partial charge in [0, 0.05) is 44.2 Å². The highest BCUT2D eigenvalue weighted by Crippen LogP contribution is 2.39. The predicted octanol–water partition coefficient (Wildman–Crippen LogP) is 1.92. The Morgan fingerprint density at radius 1 is 1.33 bits per heavy atom. The van der Waals surface area contributed by atoms with Crippen LogP contribution < -0.4 is 5.32 Å². The van der Waals surface area contributed by atoms with Crippen LogP contribution in [0.3, 0.4) is 0 Å². The van der Waals surface area contributed by atoms with Gasteiger partial charge in [-0.3, -0.25) is 4.90 Å². The summed E-state index contributed by atoms with van der Waals surface area (Å²) in [4.78, 5) is 2.26. The lowest BCUT2D eigenvalue weighted by molar-refractivity contribution is 0.0303. The third-order valence-corrected chi connectivity index (χ3v) is 3.95. The highest BCUT2D eigenvalue weighted by molar-refractivity contribution is 5.85. The fourth-order valence-electron chi connectivity index (χ4n) is 2.88. The molecule has 0 unspecified atom stereocenters. The van der Waals surface area contributed by atoms with Crippen LogP contribution in [0.1, 0.15) is 25.5 Å². The van der Waals surface area contributed by atoms with Crippen molar-refractivity contribution >= 4 is 12.4 Å². The van der Waals surface area contributed by atoms with Gasteiger partial charge in [0.05, 0.1) is 0 Å². The molecule has 1 heterocycles. The van der Waals surface area contributed by atoms with Crippen molar-refractivity contribution in [2.24, 2.45) is 5.41 Å². The van der Waals surface area contributed by atoms with Gasteiger partial charge >= 0.3 is 0 Å². The standard InChI is InChI=1S/C15H23FN2O2.ClH/c1-15(2,10-19)14(18-7-5-17-6-8-18)11-3-4-13(20)12(16)9-11;/h3-4,9,14,17,19-20H,5-8,10H2,1-2H3;1H/t14-;/m0./s1. The van der Waals surface area contributed by atoms with Crippen LogP contribution >= 0.6 is 12.4 Å². The number of rotatable bonds is 4. The van der Waals surface area contributed by atoms with Crippen LogP contribution in [0.4, 0.5) is 4.39 Å². The average Bonchev–Trinajstić information content (AvgIpc) is 2.44. The van der Waals surface area contributed by atoms with E-state index in [1.165, 1.54) is 12.1 Å². The maximum Gasteiger partial charge on any atom is 0.165 e. The van der Waals surface area contributed by atoms with Gasteiger partial charge in [-0.15, -0.1) is 12.4 Å². The average molecular weight is 319 g/mol. The van der Waals surface area contributed by atoms with Crippen molar-refractivity contribution in [3.05, 3.63) is 29.6 Å². The van der Waals surface area contributed by atoms with E-state index in [0.29, 0.717) is 0 Å². The fraction of sp³-hybridized carbons (Fsp3) is 0.600. The zero-order chi connectivity index (χ0) is 14.8. The van der Waals surface area contributed by atoms with E-state index in [2.05, 4.69) is 10.2 Å². The number of phenols is 1. The Bertz CT molecular complexity index is 465. The Labute approximate surface area is 131 Å². The van der Waals surface area contributed by atoms with E-state index < -0.39 is 5.82 Å². The molecule has 0 radical (unpaired) electrons. The number of nitrogens with one attached hydrogen (secondary N) is 1. The molecule has 1 fully saturated rings. The number of aliphatic hydroxyl groups excluding tert-OH is 1. The van der Waals surface area contributed by atoms with Gasteiger partial charge in [0.15, 0.2) is 11.6 Å². The van der Waals surface area contributed by atoms with Crippen molar-refractivity contribution in [3.8, 4) is 5.75 Å². The van der Waals surface area contributed by atoms with Gasteiger partial charge in [-0.25, -0.2) is 4.39 Å². The number of aliphatic hydroxyl groups is 1. The van der Waals surface area contributed by atoms with Crippen molar-refractivity contribution in [1.82, 2.24) is 10.2 Å². The normalized spacial score (nSPS) is 18.1. The minimum absolute atomic E-state index is 0. The first-order chi connectivity index (χ1) is 9.45. The van der Waals surface area contributed by atoms with E-state index >= 15 is 0 Å². The molecule has 0 saturated carbocycles. The molecule has 0 aliphatic carbocycles. The number of nitrogens with zero attached hydrogens (tertiary/aromatic N) is 1. The van der Waals surface area contributed by atoms with Crippen molar-refractivity contribution in [2.45, 2.75) is 19.9 Å². The molecule has 1 aromatic carbocycles. The van der Waals surface area contributed by atoms with Crippen LogP contribution in [0.15, 0.2) is 18.2 Å². The molecule has 2 rings (SSSR count). The molecule has 0 aromatic heterocycles. The SMILES string of the molecule is CC(C)(CO)[C@H](c1ccc(O)c(F)c1)N1CCNCC1.Cl. The van der Waals surface area contributed by atoms with Crippen LogP contribution in [0.2, 0.25) is 0 Å². The smallest absolute Gasteiger partial charge is 0.165 e. The first-order valence-corrected chi connectivity index (χ1v) is 7.00. The summed E-state index contributed by atoms with van der Waals surface area (Å²) in [5, 5.41) is 22.3. The lowest BCUT2D eigenvalue weighted by atomic mass is 9.79. The summed E-state index contributed by atoms with van der Waals surface area (Å²) in [7, 11) is 0. The molecule has 1 aliphatic rings. The summed E-state index contributed by atoms with van der Waals surface area (Å²) >= 11 is 0. The van der Waals surface area contributed by atoms with Crippen molar-refractivity contribution in [1.29, 1.82) is 0 Å². The Kier molecular flexibility index (Phi) is 6.41. The lowest BCUT2D eigenvalue weighted by Gasteiger charge is -2.43. The molecule has 4 nitrogen and oxygen atoms in total. The van der Waals surface area contributed by atoms with E-state index in [0.717, 1.165) is 31.7 Å². The molecule has 0 bridgehead atoms. The molecule has 21 heavy (non-hydrogen) atoms. The van der Waals surface area contributed by atoms with Gasteiger partial charge < -0.3 is 15.5 Å². The van der Waals surface area contributed by atoms with Crippen LogP contribution in [0.25, 0.3) is 0 Å². The molecule has 120 valence electrons. The van der Waals surface area contributed by atoms with E-state index in [1.807, 2.05) is 13.8 Å². The maximum absolute atomic E-state index is 13.7. The second-order valence-corrected chi connectivity index (χ2v) is 6.05. The van der Waals surface area contributed by atoms with Gasteiger partial charge in [-0.1, -0.05) is 19.9 Å². The second kappa shape index (κ2) is 7.40. The number of halogens is 2. The van der Waals surface area contributed by atoms with Crippen LogP contribution in [-0.4, -0.2) is 47.9 Å². The zero-order valence-corrected chi connectivity index (χ0v) is 13.3. The van der Waals surface area contributed by atoms with Crippen molar-refractivity contribution in [2.75, 3.05) is 32.8 Å². The second-order valence-electron chi connectivity index (χ2n) is 6.05. The summed E-state index contributed by atoms with van der Waals surface area (Å²) in [5.41, 5.74) is 0.405. The molecule has 6 heteroatoms. The third-order valence-electron chi connectivity index (χ3n) is 3.95. The zero-order valence-electron chi connectivity index (χ0n) is 12.5. The lowest BCUT2D eigenvalue weighted by Crippen LogP contribution is -2.49. The molecule has 0 spiro atoms. The van der Waals surface area contributed by atoms with Crippen LogP contribution in [-0.2, 0) is 0 Å². The van der Waals surface area contributed by atoms with Gasteiger partial charge in [0.25, 0.3) is 0 Å². The van der Waals surface area contributed by atoms with Gasteiger partial charge in [-0.2, -0.15) is 0 Å². The topological polar surface area (TPSA) is 55.7 Å². The minimum atomic E-state index is -0.614. The number of hydrogen-bond donors (Lipinski definition) is 3. The number of aromatic hydroxyl groups is 1. The molecule has 3 N–H and O–H groups in total. The molecule has 1 aromatic rings. The Balaban J connectivity index is 0.00000220. The Morgan fingerprint density at radius 2 is 1.95 bits per heavy atom. The van der Waals surface area contributed by atoms with Crippen molar-refractivity contribution in [3.63, 3.8) is 0 Å². The van der Waals surface area contributed by atoms with E-state index in [4.69, 9.17) is 0 Å². The minimum Gasteiger partial charge on any atom is -0.505 e. The number of hydrogen-bond acceptors (Lipinski definition) is 4. The monoisotopic (exact) mass is 318 g/mol. The van der Waals surface area contributed by atoms with Gasteiger partial charge in [0.2, 0.25) is 0 Å². The number of benzene rings is 1. The predicted molar refractivity (Wildman–Crippen MR) is 83.4 cm³/mol. The Hall–Kier alpha value is -0.880. The first-order valence-electron chi connectivity index (χ1n) is 7.00. The highest BCUT2D eigenvalue weighted by atomic mass is 35.5. The molecular weight excluding hydrogens is 295 g/mol. The summed E-state index contributed by atoms with van der Waals surface area (Å²) < 4.78 is 13.7. The Morgan fingerprint density at radius 3 is 2.48 bits per heavy atom. The van der Waals surface area contributed by atoms with Gasteiger partial charge in [0.1, 0.15) is 0 Å². The quantitative estimate of drug-likeness (QED) is 0.794. The van der Waals surface area contributed by atoms with E-state index in [9.17, 15) is 14.6 Å². The fourth-order valence-corrected chi connectivity index (χ4v) is 2.88. The van der Waals surface area contributed by atoms with Crippen LogP contribution in [0, 0.1) is 11.2 Å². The summed E-state index contributed by atoms with van der Waals surface area (Å²) in [6.07, 6.45) is 0. The highest BCUT2D eigenvalue weighted by Gasteiger charge is 2.35. The van der Waals surface area contributed by atoms with Crippen molar-refractivity contribution < 1.29 is 14.6 Å². The maximum atomic E-state index is 13.7. The summed E-state index contributed by atoms with van der Waals surface area (Å²) in [5.74, 6) is -0.953. The molecule has 1 saturated heterocycles. The van der Waals surface area contributed by atoms with E-state index in [1.54, 1.807) is 6.07 Å². The third kappa shape index (κ3) is 4.07. The summed E-state index contributed by atoms with van der Waals surface area (Å²) in [6, 6.07) is 4.42. The molecule has 1 aliphatic heterocycles. The number of piperazine rings is 1. The van der Waals surface area contributed by atoms with E-state index in [-0.39, 0.29) is 36.2 Å². The number of phenolic OH excluding ortho intramolecular Hbond substituents is 1. The molecule has 0 amide bonds.